The van der Waals surface area contributed by atoms with Gasteiger partial charge in [-0.2, -0.15) is 0 Å². The minimum atomic E-state index is -0.696. The normalized spacial score (nSPS) is 16.0. The van der Waals surface area contributed by atoms with E-state index in [-0.39, 0.29) is 11.4 Å². The van der Waals surface area contributed by atoms with Gasteiger partial charge in [0.25, 0.3) is 5.69 Å². The van der Waals surface area contributed by atoms with Gasteiger partial charge in [-0.25, -0.2) is 9.18 Å². The summed E-state index contributed by atoms with van der Waals surface area (Å²) in [6.07, 6.45) is 0. The van der Waals surface area contributed by atoms with Crippen LogP contribution in [-0.4, -0.2) is 54.0 Å². The quantitative estimate of drug-likeness (QED) is 0.658. The van der Waals surface area contributed by atoms with Gasteiger partial charge in [0, 0.05) is 38.3 Å². The number of likely N-dealkylation sites (N-methyl/N-ethyl adjacent to an activating group) is 1. The van der Waals surface area contributed by atoms with E-state index >= 15 is 0 Å². The number of anilines is 1. The van der Waals surface area contributed by atoms with Crippen LogP contribution in [-0.2, 0) is 0 Å². The third-order valence-corrected chi connectivity index (χ3v) is 3.19. The number of nitro benzene ring substituents is 1. The van der Waals surface area contributed by atoms with Gasteiger partial charge in [-0.05, 0) is 13.1 Å². The van der Waals surface area contributed by atoms with Crippen molar-refractivity contribution in [3.8, 4) is 0 Å². The molecule has 0 radical (unpaired) electrons. The highest BCUT2D eigenvalue weighted by Gasteiger charge is 2.20. The van der Waals surface area contributed by atoms with Crippen molar-refractivity contribution >= 4 is 17.4 Å². The predicted molar refractivity (Wildman–Crippen MR) is 71.1 cm³/mol. The van der Waals surface area contributed by atoms with Crippen molar-refractivity contribution in [1.82, 2.24) is 9.80 Å². The first-order chi connectivity index (χ1) is 9.47. The predicted octanol–water partition coefficient (Wildman–Crippen LogP) is 1.51. The molecule has 2 rings (SSSR count). The van der Waals surface area contributed by atoms with Gasteiger partial charge in [-0.1, -0.05) is 0 Å². The molecule has 1 fully saturated rings. The van der Waals surface area contributed by atoms with Crippen LogP contribution in [0.15, 0.2) is 18.2 Å². The maximum atomic E-state index is 13.6. The van der Waals surface area contributed by atoms with E-state index in [2.05, 4.69) is 10.2 Å². The minimum absolute atomic E-state index is 0.178. The Labute approximate surface area is 115 Å². The molecule has 1 aliphatic rings. The Morgan fingerprint density at radius 1 is 1.35 bits per heavy atom. The molecule has 0 spiro atoms. The smallest absolute Gasteiger partial charge is 0.322 e. The molecular weight excluding hydrogens is 267 g/mol. The Hall–Kier alpha value is -2.22. The number of benzene rings is 1. The number of hydrogen-bond donors (Lipinski definition) is 1. The number of rotatable bonds is 2. The molecule has 0 saturated carbocycles. The molecule has 1 aliphatic heterocycles. The van der Waals surface area contributed by atoms with Crippen molar-refractivity contribution < 1.29 is 14.1 Å². The standard InChI is InChI=1S/C12H15FN4O3/c1-15-4-6-16(7-5-15)12(18)14-11-8-9(17(19)20)2-3-10(11)13/h2-3,8H,4-7H2,1H3,(H,14,18). The Bertz CT molecular complexity index is 529. The van der Waals surface area contributed by atoms with Gasteiger partial charge >= 0.3 is 6.03 Å². The summed E-state index contributed by atoms with van der Waals surface area (Å²) < 4.78 is 13.6. The molecule has 108 valence electrons. The summed E-state index contributed by atoms with van der Waals surface area (Å²) in [7, 11) is 1.95. The number of carbonyl (C=O) groups is 1. The summed E-state index contributed by atoms with van der Waals surface area (Å²) in [5, 5.41) is 13.0. The lowest BCUT2D eigenvalue weighted by atomic mass is 10.2. The summed E-state index contributed by atoms with van der Waals surface area (Å²) in [6, 6.07) is 2.60. The SMILES string of the molecule is CN1CCN(C(=O)Nc2cc([N+](=O)[O-])ccc2F)CC1. The number of halogens is 1. The van der Waals surface area contributed by atoms with Gasteiger partial charge < -0.3 is 15.1 Å². The van der Waals surface area contributed by atoms with Crippen molar-refractivity contribution in [2.45, 2.75) is 0 Å². The first kappa shape index (κ1) is 14.2. The monoisotopic (exact) mass is 282 g/mol. The highest BCUT2D eigenvalue weighted by atomic mass is 19.1. The second kappa shape index (κ2) is 5.83. The van der Waals surface area contributed by atoms with E-state index in [0.29, 0.717) is 13.1 Å². The molecule has 1 aromatic rings. The molecule has 20 heavy (non-hydrogen) atoms. The van der Waals surface area contributed by atoms with Crippen LogP contribution in [0.3, 0.4) is 0 Å². The number of piperazine rings is 1. The number of carbonyl (C=O) groups excluding carboxylic acids is 1. The van der Waals surface area contributed by atoms with E-state index in [1.54, 1.807) is 4.90 Å². The fraction of sp³-hybridized carbons (Fsp3) is 0.417. The van der Waals surface area contributed by atoms with Crippen LogP contribution in [0, 0.1) is 15.9 Å². The summed E-state index contributed by atoms with van der Waals surface area (Å²) in [5.41, 5.74) is -0.441. The molecule has 0 unspecified atom stereocenters. The molecule has 0 atom stereocenters. The number of amides is 2. The number of non-ortho nitro benzene ring substituents is 1. The Morgan fingerprint density at radius 2 is 2.00 bits per heavy atom. The maximum absolute atomic E-state index is 13.6. The second-order valence-electron chi connectivity index (χ2n) is 4.64. The lowest BCUT2D eigenvalue weighted by molar-refractivity contribution is -0.384. The average molecular weight is 282 g/mol. The zero-order valence-corrected chi connectivity index (χ0v) is 11.0. The Kier molecular flexibility index (Phi) is 4.14. The van der Waals surface area contributed by atoms with Crippen LogP contribution < -0.4 is 5.32 Å². The number of nitro groups is 1. The van der Waals surface area contributed by atoms with Crippen LogP contribution in [0.5, 0.6) is 0 Å². The maximum Gasteiger partial charge on any atom is 0.322 e. The van der Waals surface area contributed by atoms with Gasteiger partial charge in [-0.3, -0.25) is 10.1 Å². The van der Waals surface area contributed by atoms with E-state index < -0.39 is 16.8 Å². The van der Waals surface area contributed by atoms with Crippen LogP contribution in [0.4, 0.5) is 20.6 Å². The molecule has 1 saturated heterocycles. The summed E-state index contributed by atoms with van der Waals surface area (Å²) >= 11 is 0. The fourth-order valence-corrected chi connectivity index (χ4v) is 1.93. The largest absolute Gasteiger partial charge is 0.322 e. The zero-order valence-electron chi connectivity index (χ0n) is 11.0. The van der Waals surface area contributed by atoms with E-state index in [0.717, 1.165) is 31.3 Å². The van der Waals surface area contributed by atoms with Crippen LogP contribution in [0.1, 0.15) is 0 Å². The van der Waals surface area contributed by atoms with Gasteiger partial charge in [0.05, 0.1) is 10.6 Å². The van der Waals surface area contributed by atoms with Crippen LogP contribution in [0.25, 0.3) is 0 Å². The van der Waals surface area contributed by atoms with E-state index in [1.165, 1.54) is 0 Å². The fourth-order valence-electron chi connectivity index (χ4n) is 1.93. The lowest BCUT2D eigenvalue weighted by Gasteiger charge is -2.32. The molecule has 7 nitrogen and oxygen atoms in total. The van der Waals surface area contributed by atoms with Gasteiger partial charge in [0.1, 0.15) is 5.82 Å². The highest BCUT2D eigenvalue weighted by Crippen LogP contribution is 2.21. The molecular formula is C12H15FN4O3. The van der Waals surface area contributed by atoms with Crippen molar-refractivity contribution in [1.29, 1.82) is 0 Å². The van der Waals surface area contributed by atoms with Crippen LogP contribution in [0.2, 0.25) is 0 Å². The third kappa shape index (κ3) is 3.21. The molecule has 2 amide bonds. The number of urea groups is 1. The zero-order chi connectivity index (χ0) is 14.7. The summed E-state index contributed by atoms with van der Waals surface area (Å²) in [5.74, 6) is -0.696. The summed E-state index contributed by atoms with van der Waals surface area (Å²) in [6.45, 7) is 2.56. The topological polar surface area (TPSA) is 78.7 Å². The van der Waals surface area contributed by atoms with E-state index in [9.17, 15) is 19.3 Å². The highest BCUT2D eigenvalue weighted by molar-refractivity contribution is 5.89. The van der Waals surface area contributed by atoms with Gasteiger partial charge in [-0.15, -0.1) is 0 Å². The van der Waals surface area contributed by atoms with Crippen molar-refractivity contribution in [2.24, 2.45) is 0 Å². The Balaban J connectivity index is 2.07. The van der Waals surface area contributed by atoms with Crippen molar-refractivity contribution in [2.75, 3.05) is 38.5 Å². The first-order valence-electron chi connectivity index (χ1n) is 6.16. The molecule has 8 heteroatoms. The molecule has 1 N–H and O–H groups in total. The van der Waals surface area contributed by atoms with Crippen molar-refractivity contribution in [3.63, 3.8) is 0 Å². The van der Waals surface area contributed by atoms with Crippen LogP contribution >= 0.6 is 0 Å². The minimum Gasteiger partial charge on any atom is -0.322 e. The molecule has 1 aromatic carbocycles. The van der Waals surface area contributed by atoms with Gasteiger partial charge in [0.15, 0.2) is 0 Å². The third-order valence-electron chi connectivity index (χ3n) is 3.19. The molecule has 0 bridgehead atoms. The second-order valence-corrected chi connectivity index (χ2v) is 4.64. The number of hydrogen-bond acceptors (Lipinski definition) is 4. The average Bonchev–Trinajstić information content (AvgIpc) is 2.41. The summed E-state index contributed by atoms with van der Waals surface area (Å²) in [4.78, 5) is 25.6. The van der Waals surface area contributed by atoms with Crippen molar-refractivity contribution in [3.05, 3.63) is 34.1 Å². The molecule has 1 heterocycles. The number of nitrogens with zero attached hydrogens (tertiary/aromatic N) is 3. The first-order valence-corrected chi connectivity index (χ1v) is 6.16. The molecule has 0 aromatic heterocycles. The van der Waals surface area contributed by atoms with Gasteiger partial charge in [0.2, 0.25) is 0 Å². The Morgan fingerprint density at radius 3 is 2.60 bits per heavy atom. The van der Waals surface area contributed by atoms with E-state index in [4.69, 9.17) is 0 Å². The lowest BCUT2D eigenvalue weighted by Crippen LogP contribution is -2.48. The number of nitrogens with one attached hydrogen (secondary N) is 1. The molecule has 0 aliphatic carbocycles. The van der Waals surface area contributed by atoms with E-state index in [1.807, 2.05) is 7.05 Å².